The summed E-state index contributed by atoms with van der Waals surface area (Å²) in [5.74, 6) is -1.29. The van der Waals surface area contributed by atoms with E-state index in [1.54, 1.807) is 6.92 Å². The van der Waals surface area contributed by atoms with Gasteiger partial charge in [0, 0.05) is 6.04 Å². The van der Waals surface area contributed by atoms with Gasteiger partial charge in [-0.25, -0.2) is 0 Å². The van der Waals surface area contributed by atoms with Crippen molar-refractivity contribution in [2.24, 2.45) is 5.92 Å². The van der Waals surface area contributed by atoms with Gasteiger partial charge in [0.25, 0.3) is 0 Å². The lowest BCUT2D eigenvalue weighted by Crippen LogP contribution is -2.35. The normalized spacial score (nSPS) is 22.5. The number of carbonyl (C=O) groups is 1. The van der Waals surface area contributed by atoms with Crippen LogP contribution in [-0.4, -0.2) is 17.6 Å². The summed E-state index contributed by atoms with van der Waals surface area (Å²) in [6, 6.07) is 3.41. The van der Waals surface area contributed by atoms with Crippen LogP contribution in [0, 0.1) is 12.8 Å². The van der Waals surface area contributed by atoms with Gasteiger partial charge in [-0.3, -0.25) is 4.79 Å². The van der Waals surface area contributed by atoms with Crippen LogP contribution in [0.4, 0.5) is 13.2 Å². The molecule has 0 bridgehead atoms. The molecule has 7 heteroatoms. The molecule has 1 aliphatic heterocycles. The molecule has 1 aromatic carbocycles. The molecule has 2 rings (SSSR count). The average molecular weight is 324 g/mol. The number of rotatable bonds is 2. The Morgan fingerprint density at radius 2 is 2.05 bits per heavy atom. The van der Waals surface area contributed by atoms with Gasteiger partial charge >= 0.3 is 12.1 Å². The van der Waals surface area contributed by atoms with Gasteiger partial charge in [-0.2, -0.15) is 13.2 Å². The van der Waals surface area contributed by atoms with Gasteiger partial charge in [0.05, 0.1) is 11.5 Å². The predicted octanol–water partition coefficient (Wildman–Crippen LogP) is 3.56. The van der Waals surface area contributed by atoms with Crippen molar-refractivity contribution in [1.82, 2.24) is 5.32 Å². The molecule has 0 spiro atoms. The number of carboxylic acids is 1. The summed E-state index contributed by atoms with van der Waals surface area (Å²) in [6.45, 7) is 2.18. The Morgan fingerprint density at radius 3 is 2.57 bits per heavy atom. The van der Waals surface area contributed by atoms with Gasteiger partial charge in [-0.15, -0.1) is 12.4 Å². The third-order valence-electron chi connectivity index (χ3n) is 3.73. The Morgan fingerprint density at radius 1 is 1.38 bits per heavy atom. The molecule has 0 amide bonds. The van der Waals surface area contributed by atoms with Gasteiger partial charge in [0.2, 0.25) is 0 Å². The maximum atomic E-state index is 12.6. The lowest BCUT2D eigenvalue weighted by atomic mass is 9.87. The van der Waals surface area contributed by atoms with E-state index < -0.39 is 23.6 Å². The van der Waals surface area contributed by atoms with Crippen molar-refractivity contribution in [3.8, 4) is 0 Å². The lowest BCUT2D eigenvalue weighted by molar-refractivity contribution is -0.143. The molecule has 0 aromatic heterocycles. The molecule has 0 saturated carbocycles. The summed E-state index contributed by atoms with van der Waals surface area (Å²) in [5.41, 5.74) is 0.594. The third kappa shape index (κ3) is 4.11. The van der Waals surface area contributed by atoms with Crippen LogP contribution in [0.1, 0.15) is 35.6 Å². The fraction of sp³-hybridized carbons (Fsp3) is 0.500. The molecular formula is C14H17ClF3NO2. The predicted molar refractivity (Wildman–Crippen MR) is 74.5 cm³/mol. The number of nitrogens with one attached hydrogen (secondary N) is 1. The fourth-order valence-electron chi connectivity index (χ4n) is 2.62. The van der Waals surface area contributed by atoms with Crippen molar-refractivity contribution in [3.05, 3.63) is 34.9 Å². The zero-order valence-electron chi connectivity index (χ0n) is 11.4. The van der Waals surface area contributed by atoms with Gasteiger partial charge in [0.15, 0.2) is 0 Å². The highest BCUT2D eigenvalue weighted by atomic mass is 35.5. The highest BCUT2D eigenvalue weighted by Crippen LogP contribution is 2.34. The van der Waals surface area contributed by atoms with Crippen LogP contribution in [0.15, 0.2) is 18.2 Å². The number of halogens is 4. The first-order valence-corrected chi connectivity index (χ1v) is 6.43. The monoisotopic (exact) mass is 323 g/mol. The zero-order chi connectivity index (χ0) is 14.9. The van der Waals surface area contributed by atoms with E-state index in [4.69, 9.17) is 5.11 Å². The molecule has 21 heavy (non-hydrogen) atoms. The molecule has 0 radical (unpaired) electrons. The third-order valence-corrected chi connectivity index (χ3v) is 3.73. The fourth-order valence-corrected chi connectivity index (χ4v) is 2.62. The second kappa shape index (κ2) is 6.66. The molecule has 2 atom stereocenters. The van der Waals surface area contributed by atoms with Crippen LogP contribution in [0.5, 0.6) is 0 Å². The largest absolute Gasteiger partial charge is 0.481 e. The number of benzene rings is 1. The van der Waals surface area contributed by atoms with Gasteiger partial charge < -0.3 is 10.4 Å². The van der Waals surface area contributed by atoms with Crippen LogP contribution >= 0.6 is 12.4 Å². The number of aryl methyl sites for hydroxylation is 1. The van der Waals surface area contributed by atoms with E-state index in [0.29, 0.717) is 24.9 Å². The van der Waals surface area contributed by atoms with Crippen LogP contribution in [0.3, 0.4) is 0 Å². The summed E-state index contributed by atoms with van der Waals surface area (Å²) in [4.78, 5) is 11.0. The Hall–Kier alpha value is -1.27. The molecule has 2 unspecified atom stereocenters. The lowest BCUT2D eigenvalue weighted by Gasteiger charge is -2.29. The smallest absolute Gasteiger partial charge is 0.416 e. The van der Waals surface area contributed by atoms with Crippen LogP contribution in [-0.2, 0) is 11.0 Å². The first-order valence-electron chi connectivity index (χ1n) is 6.43. The molecule has 0 aliphatic carbocycles. The minimum Gasteiger partial charge on any atom is -0.481 e. The van der Waals surface area contributed by atoms with Crippen molar-refractivity contribution in [2.75, 3.05) is 6.54 Å². The second-order valence-corrected chi connectivity index (χ2v) is 5.14. The molecule has 1 heterocycles. The Balaban J connectivity index is 0.00000220. The van der Waals surface area contributed by atoms with E-state index in [1.165, 1.54) is 6.07 Å². The number of hydrogen-bond acceptors (Lipinski definition) is 2. The summed E-state index contributed by atoms with van der Waals surface area (Å²) < 4.78 is 37.8. The van der Waals surface area contributed by atoms with Crippen molar-refractivity contribution < 1.29 is 23.1 Å². The first kappa shape index (κ1) is 17.8. The number of alkyl halides is 3. The minimum atomic E-state index is -4.35. The van der Waals surface area contributed by atoms with Crippen LogP contribution in [0.2, 0.25) is 0 Å². The SMILES string of the molecule is Cc1cc(C(F)(F)F)ccc1C1CC(C(=O)O)CCN1.Cl. The molecule has 1 fully saturated rings. The zero-order valence-corrected chi connectivity index (χ0v) is 12.2. The quantitative estimate of drug-likeness (QED) is 0.875. The molecule has 2 N–H and O–H groups in total. The summed E-state index contributed by atoms with van der Waals surface area (Å²) in [6.07, 6.45) is -3.40. The molecule has 1 aromatic rings. The molecule has 1 aliphatic rings. The van der Waals surface area contributed by atoms with Crippen molar-refractivity contribution in [3.63, 3.8) is 0 Å². The molecular weight excluding hydrogens is 307 g/mol. The first-order chi connectivity index (χ1) is 9.29. The summed E-state index contributed by atoms with van der Waals surface area (Å²) in [5, 5.41) is 12.2. The van der Waals surface area contributed by atoms with E-state index in [9.17, 15) is 18.0 Å². The summed E-state index contributed by atoms with van der Waals surface area (Å²) in [7, 11) is 0. The van der Waals surface area contributed by atoms with E-state index in [0.717, 1.165) is 17.7 Å². The molecule has 3 nitrogen and oxygen atoms in total. The van der Waals surface area contributed by atoms with Gasteiger partial charge in [-0.1, -0.05) is 6.07 Å². The van der Waals surface area contributed by atoms with Crippen LogP contribution < -0.4 is 5.32 Å². The highest BCUT2D eigenvalue weighted by Gasteiger charge is 2.32. The van der Waals surface area contributed by atoms with Crippen molar-refractivity contribution in [2.45, 2.75) is 32.0 Å². The van der Waals surface area contributed by atoms with Crippen molar-refractivity contribution in [1.29, 1.82) is 0 Å². The molecule has 118 valence electrons. The Bertz CT molecular complexity index is 519. The number of piperidine rings is 1. The Kier molecular flexibility index (Phi) is 5.64. The maximum absolute atomic E-state index is 12.6. The highest BCUT2D eigenvalue weighted by molar-refractivity contribution is 5.85. The second-order valence-electron chi connectivity index (χ2n) is 5.14. The van der Waals surface area contributed by atoms with Gasteiger partial charge in [0.1, 0.15) is 0 Å². The Labute approximate surface area is 127 Å². The summed E-state index contributed by atoms with van der Waals surface area (Å²) >= 11 is 0. The maximum Gasteiger partial charge on any atom is 0.416 e. The van der Waals surface area contributed by atoms with E-state index in [-0.39, 0.29) is 18.4 Å². The topological polar surface area (TPSA) is 49.3 Å². The number of hydrogen-bond donors (Lipinski definition) is 2. The molecule has 1 saturated heterocycles. The van der Waals surface area contributed by atoms with E-state index in [1.807, 2.05) is 0 Å². The van der Waals surface area contributed by atoms with Crippen LogP contribution in [0.25, 0.3) is 0 Å². The number of aliphatic carboxylic acids is 1. The minimum absolute atomic E-state index is 0. The number of carboxylic acid groups (broad SMARTS) is 1. The van der Waals surface area contributed by atoms with E-state index in [2.05, 4.69) is 5.32 Å². The van der Waals surface area contributed by atoms with E-state index >= 15 is 0 Å². The van der Waals surface area contributed by atoms with Crippen molar-refractivity contribution >= 4 is 18.4 Å². The average Bonchev–Trinajstić information content (AvgIpc) is 2.37. The standard InChI is InChI=1S/C14H16F3NO2.ClH/c1-8-6-10(14(15,16)17)2-3-11(8)12-7-9(13(19)20)4-5-18-12;/h2-3,6,9,12,18H,4-5,7H2,1H3,(H,19,20);1H. The van der Waals surface area contributed by atoms with Gasteiger partial charge in [-0.05, 0) is 49.6 Å².